The maximum absolute atomic E-state index is 12.5. The third kappa shape index (κ3) is 1.88. The second-order valence-electron chi connectivity index (χ2n) is 6.68. The first kappa shape index (κ1) is 14.4. The lowest BCUT2D eigenvalue weighted by Crippen LogP contribution is -2.66. The van der Waals surface area contributed by atoms with Crippen LogP contribution in [-0.4, -0.2) is 48.5 Å². The van der Waals surface area contributed by atoms with Crippen LogP contribution in [0.15, 0.2) is 24.3 Å². The Morgan fingerprint density at radius 3 is 2.39 bits per heavy atom. The van der Waals surface area contributed by atoms with Crippen molar-refractivity contribution in [1.29, 1.82) is 0 Å². The summed E-state index contributed by atoms with van der Waals surface area (Å²) >= 11 is 0. The van der Waals surface area contributed by atoms with Gasteiger partial charge >= 0.3 is 5.97 Å². The Bertz CT molecular complexity index is 684. The first-order valence-corrected chi connectivity index (χ1v) is 7.68. The van der Waals surface area contributed by atoms with Gasteiger partial charge in [-0.2, -0.15) is 0 Å². The van der Waals surface area contributed by atoms with Gasteiger partial charge in [0.2, 0.25) is 0 Å². The molecular weight excluding hydrogens is 298 g/mol. The number of carbonyl (C=O) groups is 3. The van der Waals surface area contributed by atoms with E-state index in [0.717, 1.165) is 6.42 Å². The van der Waals surface area contributed by atoms with Gasteiger partial charge in [-0.05, 0) is 36.8 Å². The summed E-state index contributed by atoms with van der Waals surface area (Å²) in [5.74, 6) is -0.862. The molecule has 0 aromatic heterocycles. The minimum absolute atomic E-state index is 0.236. The Kier molecular flexibility index (Phi) is 2.90. The van der Waals surface area contributed by atoms with Crippen molar-refractivity contribution in [3.05, 3.63) is 35.4 Å². The fraction of sp³-hybridized carbons (Fsp3) is 0.471. The van der Waals surface area contributed by atoms with Gasteiger partial charge in [0, 0.05) is 13.2 Å². The fourth-order valence-corrected chi connectivity index (χ4v) is 4.20. The number of nitrogens with zero attached hydrogens (tertiary/aromatic N) is 1. The highest BCUT2D eigenvalue weighted by Gasteiger charge is 2.64. The predicted molar refractivity (Wildman–Crippen MR) is 78.8 cm³/mol. The number of benzene rings is 1. The predicted octanol–water partition coefficient (Wildman–Crippen LogP) is 1.39. The number of rotatable bonds is 3. The average Bonchev–Trinajstić information content (AvgIpc) is 2.79. The first-order chi connectivity index (χ1) is 11.0. The van der Waals surface area contributed by atoms with Gasteiger partial charge in [0.1, 0.15) is 0 Å². The van der Waals surface area contributed by atoms with Crippen molar-refractivity contribution >= 4 is 17.8 Å². The molecule has 2 bridgehead atoms. The van der Waals surface area contributed by atoms with Crippen molar-refractivity contribution in [1.82, 2.24) is 4.90 Å². The molecule has 1 saturated carbocycles. The Morgan fingerprint density at radius 1 is 1.22 bits per heavy atom. The molecule has 3 heterocycles. The van der Waals surface area contributed by atoms with Crippen molar-refractivity contribution in [3.63, 3.8) is 0 Å². The van der Waals surface area contributed by atoms with Crippen LogP contribution in [0.1, 0.15) is 40.0 Å². The summed E-state index contributed by atoms with van der Waals surface area (Å²) in [5, 5.41) is 0. The standard InChI is InChI=1S/C17H17NO5/c1-22-15(21)17-8-16(9-17,6-7-23-17)10-18-13(19)11-4-2-3-5-12(11)14(18)20/h2-5H,6-10H2,1H3. The molecule has 0 atom stereocenters. The van der Waals surface area contributed by atoms with E-state index in [0.29, 0.717) is 37.1 Å². The summed E-state index contributed by atoms with van der Waals surface area (Å²) in [5.41, 5.74) is -0.204. The van der Waals surface area contributed by atoms with Crippen molar-refractivity contribution < 1.29 is 23.9 Å². The molecule has 0 unspecified atom stereocenters. The van der Waals surface area contributed by atoms with E-state index in [9.17, 15) is 14.4 Å². The number of amides is 2. The molecule has 120 valence electrons. The summed E-state index contributed by atoms with van der Waals surface area (Å²) in [6.07, 6.45) is 1.74. The van der Waals surface area contributed by atoms with Crippen LogP contribution >= 0.6 is 0 Å². The molecule has 0 N–H and O–H groups in total. The van der Waals surface area contributed by atoms with Gasteiger partial charge in [0.15, 0.2) is 5.60 Å². The van der Waals surface area contributed by atoms with Crippen molar-refractivity contribution in [3.8, 4) is 0 Å². The second kappa shape index (κ2) is 4.64. The maximum atomic E-state index is 12.5. The van der Waals surface area contributed by atoms with E-state index in [1.807, 2.05) is 0 Å². The summed E-state index contributed by atoms with van der Waals surface area (Å²) < 4.78 is 10.5. The van der Waals surface area contributed by atoms with Gasteiger partial charge in [-0.15, -0.1) is 0 Å². The van der Waals surface area contributed by atoms with E-state index in [4.69, 9.17) is 9.47 Å². The van der Waals surface area contributed by atoms with E-state index in [1.165, 1.54) is 12.0 Å². The third-order valence-corrected chi connectivity index (χ3v) is 5.26. The van der Waals surface area contributed by atoms with Gasteiger partial charge in [0.05, 0.1) is 18.2 Å². The van der Waals surface area contributed by atoms with E-state index in [2.05, 4.69) is 0 Å². The zero-order valence-electron chi connectivity index (χ0n) is 12.8. The second-order valence-corrected chi connectivity index (χ2v) is 6.68. The van der Waals surface area contributed by atoms with Crippen molar-refractivity contribution in [2.45, 2.75) is 24.9 Å². The van der Waals surface area contributed by atoms with Gasteiger partial charge in [-0.1, -0.05) is 12.1 Å². The summed E-state index contributed by atoms with van der Waals surface area (Å²) in [4.78, 5) is 38.2. The van der Waals surface area contributed by atoms with E-state index in [1.54, 1.807) is 24.3 Å². The van der Waals surface area contributed by atoms with Gasteiger partial charge < -0.3 is 9.47 Å². The molecule has 2 amide bonds. The number of hydrogen-bond acceptors (Lipinski definition) is 5. The number of fused-ring (bicyclic) bond motifs is 3. The molecule has 4 aliphatic rings. The highest BCUT2D eigenvalue weighted by atomic mass is 16.6. The smallest absolute Gasteiger partial charge is 0.338 e. The molecule has 3 fully saturated rings. The minimum Gasteiger partial charge on any atom is -0.467 e. The third-order valence-electron chi connectivity index (χ3n) is 5.26. The molecule has 6 heteroatoms. The highest BCUT2D eigenvalue weighted by Crippen LogP contribution is 2.57. The number of methoxy groups -OCH3 is 1. The van der Waals surface area contributed by atoms with Crippen LogP contribution in [0.3, 0.4) is 0 Å². The first-order valence-electron chi connectivity index (χ1n) is 7.68. The van der Waals surface area contributed by atoms with Crippen molar-refractivity contribution in [2.24, 2.45) is 5.41 Å². The monoisotopic (exact) mass is 315 g/mol. The molecule has 2 saturated heterocycles. The van der Waals surface area contributed by atoms with Gasteiger partial charge in [-0.25, -0.2) is 4.79 Å². The van der Waals surface area contributed by atoms with Crippen LogP contribution < -0.4 is 0 Å². The molecular formula is C17H17NO5. The molecule has 0 spiro atoms. The van der Waals surface area contributed by atoms with Crippen LogP contribution in [0, 0.1) is 5.41 Å². The molecule has 1 aliphatic carbocycles. The van der Waals surface area contributed by atoms with Crippen LogP contribution in [0.4, 0.5) is 0 Å². The van der Waals surface area contributed by atoms with E-state index < -0.39 is 5.60 Å². The number of hydrogen-bond donors (Lipinski definition) is 0. The van der Waals surface area contributed by atoms with Crippen LogP contribution in [0.5, 0.6) is 0 Å². The topological polar surface area (TPSA) is 72.9 Å². The average molecular weight is 315 g/mol. The normalized spacial score (nSPS) is 31.6. The lowest BCUT2D eigenvalue weighted by Gasteiger charge is -2.58. The Morgan fingerprint density at radius 2 is 1.83 bits per heavy atom. The molecule has 6 nitrogen and oxygen atoms in total. The molecule has 3 aliphatic heterocycles. The van der Waals surface area contributed by atoms with Gasteiger partial charge in [-0.3, -0.25) is 14.5 Å². The summed E-state index contributed by atoms with van der Waals surface area (Å²) in [6.45, 7) is 0.778. The fourth-order valence-electron chi connectivity index (χ4n) is 4.20. The molecule has 0 radical (unpaired) electrons. The van der Waals surface area contributed by atoms with Gasteiger partial charge in [0.25, 0.3) is 11.8 Å². The summed E-state index contributed by atoms with van der Waals surface area (Å²) in [6, 6.07) is 6.87. The molecule has 23 heavy (non-hydrogen) atoms. The zero-order chi connectivity index (χ0) is 16.2. The quantitative estimate of drug-likeness (QED) is 0.622. The zero-order valence-corrected chi connectivity index (χ0v) is 12.8. The Labute approximate surface area is 133 Å². The number of carbonyl (C=O) groups excluding carboxylic acids is 3. The lowest BCUT2D eigenvalue weighted by atomic mass is 9.55. The van der Waals surface area contributed by atoms with E-state index >= 15 is 0 Å². The largest absolute Gasteiger partial charge is 0.467 e. The molecule has 5 rings (SSSR count). The Hall–Kier alpha value is -2.21. The number of esters is 1. The minimum atomic E-state index is -0.883. The maximum Gasteiger partial charge on any atom is 0.338 e. The lowest BCUT2D eigenvalue weighted by molar-refractivity contribution is -0.237. The van der Waals surface area contributed by atoms with Crippen molar-refractivity contribution in [2.75, 3.05) is 20.3 Å². The van der Waals surface area contributed by atoms with Crippen LogP contribution in [0.2, 0.25) is 0 Å². The SMILES string of the molecule is COC(=O)C12CC(CN3C(=O)c4ccccc4C3=O)(CCO1)C2. The van der Waals surface area contributed by atoms with Crippen LogP contribution in [0.25, 0.3) is 0 Å². The Balaban J connectivity index is 1.56. The molecule has 1 aromatic rings. The van der Waals surface area contributed by atoms with Crippen LogP contribution in [-0.2, 0) is 14.3 Å². The molecule has 1 aromatic carbocycles. The number of ether oxygens (including phenoxy) is 2. The number of imide groups is 1. The van der Waals surface area contributed by atoms with E-state index in [-0.39, 0.29) is 23.2 Å². The summed E-state index contributed by atoms with van der Waals surface area (Å²) in [7, 11) is 1.35. The highest BCUT2D eigenvalue weighted by molar-refractivity contribution is 6.21.